The molecule has 0 unspecified atom stereocenters. The maximum Gasteiger partial charge on any atom is 0.196 e. The fourth-order valence-electron chi connectivity index (χ4n) is 7.15. The van der Waals surface area contributed by atoms with Gasteiger partial charge < -0.3 is 19.7 Å². The lowest BCUT2D eigenvalue weighted by molar-refractivity contribution is -0.118. The summed E-state index contributed by atoms with van der Waals surface area (Å²) in [5, 5.41) is 19.3. The fourth-order valence-corrected chi connectivity index (χ4v) is 7.15. The molecule has 0 atom stereocenters. The minimum absolute atomic E-state index is 0.104. The second-order valence-corrected chi connectivity index (χ2v) is 16.5. The number of carbonyl (C=O) groups is 8. The first-order valence-electron chi connectivity index (χ1n) is 22.9. The Labute approximate surface area is 428 Å². The van der Waals surface area contributed by atoms with Gasteiger partial charge in [0.25, 0.3) is 0 Å². The highest BCUT2D eigenvalue weighted by atomic mass is 16.5. The topological polar surface area (TPSA) is 195 Å². The van der Waals surface area contributed by atoms with Gasteiger partial charge in [-0.15, -0.1) is 0 Å². The van der Waals surface area contributed by atoms with Crippen LogP contribution in [0.15, 0.2) is 238 Å². The monoisotopic (exact) mass is 988 g/mol. The van der Waals surface area contributed by atoms with Crippen LogP contribution >= 0.6 is 0 Å². The minimum atomic E-state index is -0.477. The van der Waals surface area contributed by atoms with E-state index in [1.54, 1.807) is 64.2 Å². The van der Waals surface area contributed by atoms with Crippen molar-refractivity contribution in [2.75, 3.05) is 14.2 Å². The van der Waals surface area contributed by atoms with E-state index in [9.17, 15) is 48.6 Å². The van der Waals surface area contributed by atoms with Crippen LogP contribution in [0, 0.1) is 0 Å². The second-order valence-electron chi connectivity index (χ2n) is 16.5. The summed E-state index contributed by atoms with van der Waals surface area (Å²) in [6, 6.07) is 37.8. The first kappa shape index (κ1) is 55.2. The van der Waals surface area contributed by atoms with E-state index in [2.05, 4.69) is 0 Å². The average Bonchev–Trinajstić information content (AvgIpc) is 4.02. The number of hydrogen-bond donors (Lipinski definition) is 2. The number of ether oxygens (including phenoxy) is 2. The van der Waals surface area contributed by atoms with Crippen LogP contribution in [0.25, 0.3) is 24.3 Å². The van der Waals surface area contributed by atoms with Gasteiger partial charge in [0.05, 0.1) is 14.2 Å². The van der Waals surface area contributed by atoms with Crippen LogP contribution < -0.4 is 0 Å². The highest BCUT2D eigenvalue weighted by Crippen LogP contribution is 2.25. The lowest BCUT2D eigenvalue weighted by Gasteiger charge is -2.04. The van der Waals surface area contributed by atoms with E-state index in [1.807, 2.05) is 121 Å². The van der Waals surface area contributed by atoms with Gasteiger partial charge >= 0.3 is 0 Å². The smallest absolute Gasteiger partial charge is 0.196 e. The molecule has 0 fully saturated rings. The van der Waals surface area contributed by atoms with Gasteiger partial charge in [-0.3, -0.25) is 38.4 Å². The first-order valence-corrected chi connectivity index (χ1v) is 22.9. The van der Waals surface area contributed by atoms with Crippen molar-refractivity contribution in [1.29, 1.82) is 0 Å². The van der Waals surface area contributed by atoms with Crippen molar-refractivity contribution in [3.05, 3.63) is 260 Å². The predicted octanol–water partition coefficient (Wildman–Crippen LogP) is 10.6. The number of allylic oxidation sites excluding steroid dienone is 16. The summed E-state index contributed by atoms with van der Waals surface area (Å²) in [7, 11) is 2.90. The molecule has 8 rings (SSSR count). The van der Waals surface area contributed by atoms with Gasteiger partial charge in [-0.2, -0.15) is 0 Å². The van der Waals surface area contributed by atoms with E-state index in [1.165, 1.54) is 50.7 Å². The van der Waals surface area contributed by atoms with Crippen molar-refractivity contribution in [2.24, 2.45) is 0 Å². The molecule has 0 radical (unpaired) electrons. The first-order chi connectivity index (χ1) is 35.4. The molecule has 12 nitrogen and oxygen atoms in total. The zero-order chi connectivity index (χ0) is 53.9. The van der Waals surface area contributed by atoms with E-state index in [-0.39, 0.29) is 56.9 Å². The van der Waals surface area contributed by atoms with Crippen molar-refractivity contribution in [1.82, 2.24) is 0 Å². The third kappa shape index (κ3) is 14.7. The Balaban J connectivity index is 0.000000183. The van der Waals surface area contributed by atoms with Gasteiger partial charge in [0.15, 0.2) is 46.3 Å². The zero-order valence-electron chi connectivity index (χ0n) is 41.5. The van der Waals surface area contributed by atoms with Gasteiger partial charge in [-0.1, -0.05) is 146 Å². The molecule has 0 aliphatic heterocycles. The van der Waals surface area contributed by atoms with Gasteiger partial charge in [-0.25, -0.2) is 0 Å². The van der Waals surface area contributed by atoms with Crippen LogP contribution in [0.2, 0.25) is 0 Å². The van der Waals surface area contributed by atoms with Crippen molar-refractivity contribution in [3.8, 4) is 0 Å². The van der Waals surface area contributed by atoms with Crippen molar-refractivity contribution in [3.63, 3.8) is 0 Å². The maximum absolute atomic E-state index is 11.9. The summed E-state index contributed by atoms with van der Waals surface area (Å²) in [6.45, 7) is 6.44. The molecule has 0 saturated heterocycles. The Morgan fingerprint density at radius 1 is 0.378 bits per heavy atom. The summed E-state index contributed by atoms with van der Waals surface area (Å²) in [5.41, 5.74) is 5.32. The largest absolute Gasteiger partial charge is 0.507 e. The number of ketones is 8. The van der Waals surface area contributed by atoms with Crippen LogP contribution in [0.4, 0.5) is 0 Å². The van der Waals surface area contributed by atoms with Crippen LogP contribution in [-0.2, 0) is 47.8 Å². The number of benzene rings is 4. The Bertz CT molecular complexity index is 3050. The SMILES string of the molecule is CC1=CC(=O)C(C(=O)/C=C/c2ccccc2)=C1O.CC1=CC(=O)C(C(=O)/C=C/c2ccccc2)=C1O.COC(/C=C/c1ccccc1)=C1/C(=O)C=C(C)C1=O.COC(/C=C/c1ccccc1)=C1\C(=O)C=C(C)C1=O. The quantitative estimate of drug-likeness (QED) is 0.0776. The van der Waals surface area contributed by atoms with E-state index >= 15 is 0 Å². The molecule has 2 N–H and O–H groups in total. The number of Topliss-reactive ketones (excluding diaryl/α,β-unsaturated/α-hetero) is 2. The molecule has 74 heavy (non-hydrogen) atoms. The van der Waals surface area contributed by atoms with Gasteiger partial charge in [0, 0.05) is 11.1 Å². The fraction of sp³-hybridized carbons (Fsp3) is 0.0968. The number of hydrogen-bond acceptors (Lipinski definition) is 12. The normalized spacial score (nSPS) is 16.7. The van der Waals surface area contributed by atoms with Crippen molar-refractivity contribution >= 4 is 70.6 Å². The highest BCUT2D eigenvalue weighted by molar-refractivity contribution is 6.37. The number of rotatable bonds is 12. The molecule has 0 heterocycles. The maximum atomic E-state index is 11.9. The van der Waals surface area contributed by atoms with E-state index in [0.717, 1.165) is 22.3 Å². The lowest BCUT2D eigenvalue weighted by Crippen LogP contribution is -2.07. The van der Waals surface area contributed by atoms with Crippen LogP contribution in [0.5, 0.6) is 0 Å². The molecule has 12 heteroatoms. The summed E-state index contributed by atoms with van der Waals surface area (Å²) in [5.74, 6) is -2.79. The Morgan fingerprint density at radius 2 is 0.635 bits per heavy atom. The summed E-state index contributed by atoms with van der Waals surface area (Å²) in [6.07, 6.45) is 17.9. The second kappa shape index (κ2) is 26.5. The summed E-state index contributed by atoms with van der Waals surface area (Å²) >= 11 is 0. The standard InChI is InChI=1S/2C16H14O3.2C15H12O3/c2*1-11-10-13(17)15(16(11)18)14(19-2)9-8-12-6-4-3-5-7-12;2*1-10-9-13(17)14(15(10)18)12(16)8-7-11-5-3-2-4-6-11/h2*3-10H,1-2H3;2*2-9,18H,1H3/b9-8+,15-14+;9-8+,15-14-;2*8-7+. The zero-order valence-corrected chi connectivity index (χ0v) is 41.5. The third-order valence-corrected chi connectivity index (χ3v) is 11.1. The highest BCUT2D eigenvalue weighted by Gasteiger charge is 2.31. The van der Waals surface area contributed by atoms with E-state index < -0.39 is 23.1 Å². The minimum Gasteiger partial charge on any atom is -0.507 e. The molecule has 0 saturated carbocycles. The molecule has 0 bridgehead atoms. The van der Waals surface area contributed by atoms with Gasteiger partial charge in [-0.05, 0) is 110 Å². The number of methoxy groups -OCH3 is 2. The molecule has 0 aromatic heterocycles. The molecule has 4 aromatic carbocycles. The predicted molar refractivity (Wildman–Crippen MR) is 284 cm³/mol. The van der Waals surface area contributed by atoms with E-state index in [4.69, 9.17) is 9.47 Å². The van der Waals surface area contributed by atoms with Crippen molar-refractivity contribution < 1.29 is 58.0 Å². The number of aliphatic hydroxyl groups is 2. The molecule has 372 valence electrons. The van der Waals surface area contributed by atoms with E-state index in [0.29, 0.717) is 33.8 Å². The molecule has 0 spiro atoms. The number of carbonyl (C=O) groups excluding carboxylic acids is 8. The molecule has 4 aliphatic rings. The molecule has 4 aliphatic carbocycles. The summed E-state index contributed by atoms with van der Waals surface area (Å²) < 4.78 is 10.3. The van der Waals surface area contributed by atoms with Gasteiger partial charge in [0.1, 0.15) is 45.3 Å². The Morgan fingerprint density at radius 3 is 0.851 bits per heavy atom. The van der Waals surface area contributed by atoms with Gasteiger partial charge in [0.2, 0.25) is 0 Å². The molecule has 4 aromatic rings. The van der Waals surface area contributed by atoms with Crippen LogP contribution in [0.1, 0.15) is 49.9 Å². The Hall–Kier alpha value is -9.68. The number of aliphatic hydroxyl groups excluding tert-OH is 2. The Kier molecular flexibility index (Phi) is 19.8. The molecular weight excluding hydrogens is 937 g/mol. The molecular formula is C62H52O12. The average molecular weight is 989 g/mol. The molecule has 0 amide bonds. The van der Waals surface area contributed by atoms with Crippen LogP contribution in [-0.4, -0.2) is 70.7 Å². The third-order valence-electron chi connectivity index (χ3n) is 11.1. The van der Waals surface area contributed by atoms with Crippen molar-refractivity contribution in [2.45, 2.75) is 27.7 Å². The summed E-state index contributed by atoms with van der Waals surface area (Å²) in [4.78, 5) is 93.9. The lowest BCUT2D eigenvalue weighted by atomic mass is 10.1. The van der Waals surface area contributed by atoms with Crippen LogP contribution in [0.3, 0.4) is 0 Å².